The third-order valence-corrected chi connectivity index (χ3v) is 2.75. The highest BCUT2D eigenvalue weighted by Crippen LogP contribution is 2.38. The van der Waals surface area contributed by atoms with E-state index in [9.17, 15) is 4.79 Å². The summed E-state index contributed by atoms with van der Waals surface area (Å²) in [6.45, 7) is 0.957. The van der Waals surface area contributed by atoms with Crippen LogP contribution in [0.4, 0.5) is 0 Å². The number of esters is 1. The van der Waals surface area contributed by atoms with Gasteiger partial charge in [-0.3, -0.25) is 4.79 Å². The monoisotopic (exact) mass is 205 g/mol. The van der Waals surface area contributed by atoms with Gasteiger partial charge in [0, 0.05) is 0 Å². The molecule has 0 heterocycles. The molecule has 0 unspecified atom stereocenters. The second-order valence-electron chi connectivity index (χ2n) is 3.93. The van der Waals surface area contributed by atoms with Crippen molar-refractivity contribution < 1.29 is 9.53 Å². The molecule has 2 N–H and O–H groups in total. The van der Waals surface area contributed by atoms with Gasteiger partial charge in [-0.05, 0) is 24.4 Å². The summed E-state index contributed by atoms with van der Waals surface area (Å²) in [5, 5.41) is 0. The quantitative estimate of drug-likeness (QED) is 0.754. The first kappa shape index (κ1) is 10.2. The number of carbonyl (C=O) groups is 1. The maximum atomic E-state index is 11.5. The van der Waals surface area contributed by atoms with Crippen molar-refractivity contribution in [2.24, 2.45) is 17.6 Å². The number of carbonyl (C=O) groups excluding carboxylic acids is 1. The normalized spacial score (nSPS) is 23.5. The molecule has 0 aliphatic heterocycles. The van der Waals surface area contributed by atoms with Crippen LogP contribution in [0.3, 0.4) is 0 Å². The molecule has 1 aliphatic carbocycles. The molecule has 0 aromatic heterocycles. The summed E-state index contributed by atoms with van der Waals surface area (Å²) < 4.78 is 5.19. The Morgan fingerprint density at radius 3 is 2.73 bits per heavy atom. The lowest BCUT2D eigenvalue weighted by atomic mass is 10.2. The van der Waals surface area contributed by atoms with Crippen molar-refractivity contribution in [1.82, 2.24) is 0 Å². The second kappa shape index (κ2) is 4.45. The number of hydrogen-bond acceptors (Lipinski definition) is 3. The van der Waals surface area contributed by atoms with Crippen LogP contribution in [-0.4, -0.2) is 12.5 Å². The number of nitrogens with two attached hydrogens (primary N) is 1. The molecule has 3 heteroatoms. The Hall–Kier alpha value is -1.35. The molecule has 1 aromatic carbocycles. The van der Waals surface area contributed by atoms with E-state index in [0.29, 0.717) is 19.1 Å². The standard InChI is InChI=1S/C12H15NO2/c13-7-10-6-11(10)12(14)15-8-9-4-2-1-3-5-9/h1-5,10-11H,6-8,13H2/t10-,11-/m1/s1. The lowest BCUT2D eigenvalue weighted by molar-refractivity contribution is -0.146. The van der Waals surface area contributed by atoms with Crippen molar-refractivity contribution in [3.63, 3.8) is 0 Å². The van der Waals surface area contributed by atoms with Crippen LogP contribution in [0.5, 0.6) is 0 Å². The van der Waals surface area contributed by atoms with E-state index in [-0.39, 0.29) is 11.9 Å². The molecular weight excluding hydrogens is 190 g/mol. The van der Waals surface area contributed by atoms with Crippen molar-refractivity contribution in [3.05, 3.63) is 35.9 Å². The maximum absolute atomic E-state index is 11.5. The molecule has 80 valence electrons. The zero-order valence-corrected chi connectivity index (χ0v) is 8.56. The van der Waals surface area contributed by atoms with Crippen LogP contribution in [0.2, 0.25) is 0 Å². The maximum Gasteiger partial charge on any atom is 0.309 e. The van der Waals surface area contributed by atoms with E-state index in [2.05, 4.69) is 0 Å². The Labute approximate surface area is 89.2 Å². The Morgan fingerprint density at radius 1 is 1.40 bits per heavy atom. The van der Waals surface area contributed by atoms with Crippen LogP contribution in [-0.2, 0) is 16.1 Å². The predicted molar refractivity (Wildman–Crippen MR) is 56.9 cm³/mol. The average Bonchev–Trinajstić information content (AvgIpc) is 3.06. The molecular formula is C12H15NO2. The highest BCUT2D eigenvalue weighted by atomic mass is 16.5. The minimum Gasteiger partial charge on any atom is -0.461 e. The highest BCUT2D eigenvalue weighted by Gasteiger charge is 2.42. The average molecular weight is 205 g/mol. The first-order chi connectivity index (χ1) is 7.31. The van der Waals surface area contributed by atoms with Gasteiger partial charge in [0.25, 0.3) is 0 Å². The van der Waals surface area contributed by atoms with E-state index in [1.807, 2.05) is 30.3 Å². The zero-order valence-electron chi connectivity index (χ0n) is 8.56. The van der Waals surface area contributed by atoms with Gasteiger partial charge in [-0.2, -0.15) is 0 Å². The van der Waals surface area contributed by atoms with Gasteiger partial charge < -0.3 is 10.5 Å². The number of ether oxygens (including phenoxy) is 1. The molecule has 0 amide bonds. The first-order valence-electron chi connectivity index (χ1n) is 5.22. The van der Waals surface area contributed by atoms with E-state index in [1.165, 1.54) is 0 Å². The fourth-order valence-corrected chi connectivity index (χ4v) is 1.63. The Bertz CT molecular complexity index is 337. The molecule has 3 nitrogen and oxygen atoms in total. The summed E-state index contributed by atoms with van der Waals surface area (Å²) in [4.78, 5) is 11.5. The summed E-state index contributed by atoms with van der Waals surface area (Å²) in [6.07, 6.45) is 0.893. The Kier molecular flexibility index (Phi) is 3.02. The van der Waals surface area contributed by atoms with Crippen molar-refractivity contribution in [2.75, 3.05) is 6.54 Å². The molecule has 1 aromatic rings. The van der Waals surface area contributed by atoms with Crippen molar-refractivity contribution in [1.29, 1.82) is 0 Å². The summed E-state index contributed by atoms with van der Waals surface area (Å²) in [6, 6.07) is 9.70. The van der Waals surface area contributed by atoms with Gasteiger partial charge in [0.2, 0.25) is 0 Å². The third kappa shape index (κ3) is 2.57. The number of hydrogen-bond donors (Lipinski definition) is 1. The van der Waals surface area contributed by atoms with Gasteiger partial charge in [-0.25, -0.2) is 0 Å². The van der Waals surface area contributed by atoms with E-state index < -0.39 is 0 Å². The second-order valence-corrected chi connectivity index (χ2v) is 3.93. The summed E-state index contributed by atoms with van der Waals surface area (Å²) in [7, 11) is 0. The predicted octanol–water partition coefficient (Wildman–Crippen LogP) is 1.32. The molecule has 1 aliphatic rings. The van der Waals surface area contributed by atoms with Crippen LogP contribution in [0.1, 0.15) is 12.0 Å². The van der Waals surface area contributed by atoms with Gasteiger partial charge >= 0.3 is 5.97 Å². The Balaban J connectivity index is 1.77. The van der Waals surface area contributed by atoms with Gasteiger partial charge in [-0.15, -0.1) is 0 Å². The van der Waals surface area contributed by atoms with E-state index in [4.69, 9.17) is 10.5 Å². The van der Waals surface area contributed by atoms with Crippen molar-refractivity contribution in [3.8, 4) is 0 Å². The summed E-state index contributed by atoms with van der Waals surface area (Å²) in [5.41, 5.74) is 6.49. The van der Waals surface area contributed by atoms with Crippen LogP contribution in [0, 0.1) is 11.8 Å². The van der Waals surface area contributed by atoms with E-state index in [0.717, 1.165) is 12.0 Å². The lowest BCUT2D eigenvalue weighted by Gasteiger charge is -2.03. The molecule has 0 bridgehead atoms. The number of rotatable bonds is 4. The molecule has 15 heavy (non-hydrogen) atoms. The molecule has 2 atom stereocenters. The van der Waals surface area contributed by atoms with Gasteiger partial charge in [0.1, 0.15) is 6.61 Å². The van der Waals surface area contributed by atoms with Crippen LogP contribution >= 0.6 is 0 Å². The van der Waals surface area contributed by atoms with Crippen LogP contribution < -0.4 is 5.73 Å². The molecule has 2 rings (SSSR count). The highest BCUT2D eigenvalue weighted by molar-refractivity contribution is 5.75. The van der Waals surface area contributed by atoms with Crippen molar-refractivity contribution >= 4 is 5.97 Å². The molecule has 1 saturated carbocycles. The molecule has 1 fully saturated rings. The van der Waals surface area contributed by atoms with Gasteiger partial charge in [0.15, 0.2) is 0 Å². The fourth-order valence-electron chi connectivity index (χ4n) is 1.63. The Morgan fingerprint density at radius 2 is 2.13 bits per heavy atom. The van der Waals surface area contributed by atoms with E-state index >= 15 is 0 Å². The topological polar surface area (TPSA) is 52.3 Å². The van der Waals surface area contributed by atoms with Gasteiger partial charge in [-0.1, -0.05) is 30.3 Å². The SMILES string of the molecule is NC[C@H]1C[C@H]1C(=O)OCc1ccccc1. The third-order valence-electron chi connectivity index (χ3n) is 2.75. The number of benzene rings is 1. The lowest BCUT2D eigenvalue weighted by Crippen LogP contribution is -2.11. The molecule has 0 saturated heterocycles. The molecule has 0 spiro atoms. The van der Waals surface area contributed by atoms with E-state index in [1.54, 1.807) is 0 Å². The van der Waals surface area contributed by atoms with Crippen molar-refractivity contribution in [2.45, 2.75) is 13.0 Å². The smallest absolute Gasteiger partial charge is 0.309 e. The zero-order chi connectivity index (χ0) is 10.7. The minimum atomic E-state index is -0.102. The van der Waals surface area contributed by atoms with Crippen LogP contribution in [0.25, 0.3) is 0 Å². The largest absolute Gasteiger partial charge is 0.461 e. The minimum absolute atomic E-state index is 0.0544. The van der Waals surface area contributed by atoms with Crippen LogP contribution in [0.15, 0.2) is 30.3 Å². The summed E-state index contributed by atoms with van der Waals surface area (Å²) in [5.74, 6) is 0.307. The fraction of sp³-hybridized carbons (Fsp3) is 0.417. The van der Waals surface area contributed by atoms with Gasteiger partial charge in [0.05, 0.1) is 5.92 Å². The first-order valence-corrected chi connectivity index (χ1v) is 5.22. The molecule has 0 radical (unpaired) electrons. The summed E-state index contributed by atoms with van der Waals surface area (Å²) >= 11 is 0.